The summed E-state index contributed by atoms with van der Waals surface area (Å²) in [6, 6.07) is 13.2. The molecule has 1 amide bonds. The largest absolute Gasteiger partial charge is 0.495 e. The van der Waals surface area contributed by atoms with Crippen LogP contribution in [0.15, 0.2) is 48.7 Å². The summed E-state index contributed by atoms with van der Waals surface area (Å²) in [5, 5.41) is 5.01. The number of primary amides is 1. The summed E-state index contributed by atoms with van der Waals surface area (Å²) in [6.45, 7) is 2.13. The quantitative estimate of drug-likeness (QED) is 0.605. The lowest BCUT2D eigenvalue weighted by Crippen LogP contribution is -2.13. The van der Waals surface area contributed by atoms with Crippen LogP contribution in [0.5, 0.6) is 5.75 Å². The Kier molecular flexibility index (Phi) is 5.81. The molecule has 0 saturated carbocycles. The number of fused-ring (bicyclic) bond motifs is 1. The van der Waals surface area contributed by atoms with Crippen LogP contribution in [0.25, 0.3) is 10.9 Å². The van der Waals surface area contributed by atoms with E-state index in [0.29, 0.717) is 21.9 Å². The van der Waals surface area contributed by atoms with E-state index >= 15 is 0 Å². The molecule has 0 aliphatic heterocycles. The summed E-state index contributed by atoms with van der Waals surface area (Å²) in [5.41, 5.74) is 8.46. The van der Waals surface area contributed by atoms with Gasteiger partial charge in [-0.15, -0.1) is 0 Å². The number of anilines is 1. The summed E-state index contributed by atoms with van der Waals surface area (Å²) in [5.74, 6) is 0.161. The SMILES string of the molecule is CCC[C@@H](Nc1ccnc2c(C(N)=O)cccc12)c1ccc(OC)c(Cl)c1. The first-order valence-electron chi connectivity index (χ1n) is 8.82. The molecule has 0 unspecified atom stereocenters. The molecular formula is C21H22ClN3O2. The van der Waals surface area contributed by atoms with Gasteiger partial charge in [-0.2, -0.15) is 0 Å². The van der Waals surface area contributed by atoms with E-state index in [-0.39, 0.29) is 6.04 Å². The molecule has 6 heteroatoms. The summed E-state index contributed by atoms with van der Waals surface area (Å²) in [6.07, 6.45) is 3.60. The average molecular weight is 384 g/mol. The maximum absolute atomic E-state index is 11.7. The molecule has 2 aromatic carbocycles. The second kappa shape index (κ2) is 8.27. The molecule has 0 radical (unpaired) electrons. The third-order valence-corrected chi connectivity index (χ3v) is 4.82. The number of pyridine rings is 1. The molecule has 0 fully saturated rings. The van der Waals surface area contributed by atoms with Crippen molar-refractivity contribution in [2.75, 3.05) is 12.4 Å². The van der Waals surface area contributed by atoms with Gasteiger partial charge in [0.25, 0.3) is 5.91 Å². The van der Waals surface area contributed by atoms with Crippen LogP contribution in [0.4, 0.5) is 5.69 Å². The summed E-state index contributed by atoms with van der Waals surface area (Å²) in [4.78, 5) is 16.1. The van der Waals surface area contributed by atoms with Crippen LogP contribution in [0.1, 0.15) is 41.7 Å². The Morgan fingerprint density at radius 3 is 2.78 bits per heavy atom. The number of rotatable bonds is 7. The predicted octanol–water partition coefficient (Wildman–Crippen LogP) is 4.95. The Labute approximate surface area is 163 Å². The fraction of sp³-hybridized carbons (Fsp3) is 0.238. The van der Waals surface area contributed by atoms with Crippen molar-refractivity contribution < 1.29 is 9.53 Å². The van der Waals surface area contributed by atoms with Crippen molar-refractivity contribution in [1.29, 1.82) is 0 Å². The van der Waals surface area contributed by atoms with Crippen molar-refractivity contribution in [2.24, 2.45) is 5.73 Å². The Morgan fingerprint density at radius 1 is 1.30 bits per heavy atom. The van der Waals surface area contributed by atoms with E-state index in [0.717, 1.165) is 29.5 Å². The maximum Gasteiger partial charge on any atom is 0.250 e. The molecule has 0 aliphatic carbocycles. The van der Waals surface area contributed by atoms with Gasteiger partial charge in [0, 0.05) is 17.3 Å². The number of para-hydroxylation sites is 1. The first-order chi connectivity index (χ1) is 13.0. The fourth-order valence-corrected chi connectivity index (χ4v) is 3.46. The van der Waals surface area contributed by atoms with E-state index < -0.39 is 5.91 Å². The van der Waals surface area contributed by atoms with Crippen molar-refractivity contribution in [3.63, 3.8) is 0 Å². The van der Waals surface area contributed by atoms with E-state index in [1.165, 1.54) is 0 Å². The molecule has 3 N–H and O–H groups in total. The van der Waals surface area contributed by atoms with E-state index in [2.05, 4.69) is 17.2 Å². The molecular weight excluding hydrogens is 362 g/mol. The van der Waals surface area contributed by atoms with Crippen molar-refractivity contribution in [1.82, 2.24) is 4.98 Å². The van der Waals surface area contributed by atoms with Crippen molar-refractivity contribution in [2.45, 2.75) is 25.8 Å². The Morgan fingerprint density at radius 2 is 2.11 bits per heavy atom. The summed E-state index contributed by atoms with van der Waals surface area (Å²) < 4.78 is 5.25. The second-order valence-corrected chi connectivity index (χ2v) is 6.71. The molecule has 1 aromatic heterocycles. The van der Waals surface area contributed by atoms with E-state index in [1.54, 1.807) is 19.4 Å². The number of nitrogens with one attached hydrogen (secondary N) is 1. The Balaban J connectivity index is 2.01. The number of hydrogen-bond donors (Lipinski definition) is 2. The molecule has 27 heavy (non-hydrogen) atoms. The molecule has 140 valence electrons. The van der Waals surface area contributed by atoms with Crippen LogP contribution in [0.2, 0.25) is 5.02 Å². The lowest BCUT2D eigenvalue weighted by atomic mass is 10.0. The first kappa shape index (κ1) is 19.0. The highest BCUT2D eigenvalue weighted by Gasteiger charge is 2.16. The Bertz CT molecular complexity index is 975. The zero-order chi connectivity index (χ0) is 19.4. The number of amides is 1. The van der Waals surface area contributed by atoms with Crippen molar-refractivity contribution >= 4 is 34.1 Å². The highest BCUT2D eigenvalue weighted by molar-refractivity contribution is 6.32. The molecule has 5 nitrogen and oxygen atoms in total. The van der Waals surface area contributed by atoms with E-state index in [4.69, 9.17) is 22.1 Å². The minimum atomic E-state index is -0.489. The average Bonchev–Trinajstić information content (AvgIpc) is 2.67. The molecule has 1 atom stereocenters. The molecule has 0 spiro atoms. The topological polar surface area (TPSA) is 77.2 Å². The van der Waals surface area contributed by atoms with E-state index in [9.17, 15) is 4.79 Å². The molecule has 1 heterocycles. The zero-order valence-electron chi connectivity index (χ0n) is 15.3. The lowest BCUT2D eigenvalue weighted by molar-refractivity contribution is 0.100. The van der Waals surface area contributed by atoms with Crippen LogP contribution in [-0.2, 0) is 0 Å². The number of methoxy groups -OCH3 is 1. The van der Waals surface area contributed by atoms with E-state index in [1.807, 2.05) is 36.4 Å². The smallest absolute Gasteiger partial charge is 0.250 e. The highest BCUT2D eigenvalue weighted by atomic mass is 35.5. The summed E-state index contributed by atoms with van der Waals surface area (Å²) >= 11 is 6.31. The van der Waals surface area contributed by atoms with Gasteiger partial charge in [0.15, 0.2) is 0 Å². The minimum absolute atomic E-state index is 0.0567. The third-order valence-electron chi connectivity index (χ3n) is 4.52. The van der Waals surface area contributed by atoms with Gasteiger partial charge in [0.05, 0.1) is 29.3 Å². The Hall–Kier alpha value is -2.79. The number of nitrogens with two attached hydrogens (primary N) is 1. The monoisotopic (exact) mass is 383 g/mol. The number of ether oxygens (including phenoxy) is 1. The van der Waals surface area contributed by atoms with Gasteiger partial charge in [-0.1, -0.05) is 43.1 Å². The maximum atomic E-state index is 11.7. The van der Waals surface area contributed by atoms with Crippen LogP contribution in [-0.4, -0.2) is 18.0 Å². The van der Waals surface area contributed by atoms with Crippen LogP contribution in [0.3, 0.4) is 0 Å². The van der Waals surface area contributed by atoms with Crippen molar-refractivity contribution in [3.8, 4) is 5.75 Å². The van der Waals surface area contributed by atoms with Gasteiger partial charge in [0.1, 0.15) is 5.75 Å². The normalized spacial score (nSPS) is 12.0. The van der Waals surface area contributed by atoms with Crippen LogP contribution in [0, 0.1) is 0 Å². The number of aromatic nitrogens is 1. The van der Waals surface area contributed by atoms with Crippen LogP contribution < -0.4 is 15.8 Å². The van der Waals surface area contributed by atoms with Gasteiger partial charge in [0.2, 0.25) is 0 Å². The predicted molar refractivity (Wildman–Crippen MR) is 110 cm³/mol. The third kappa shape index (κ3) is 3.98. The number of halogens is 1. The van der Waals surface area contributed by atoms with Gasteiger partial charge in [-0.25, -0.2) is 0 Å². The lowest BCUT2D eigenvalue weighted by Gasteiger charge is -2.22. The van der Waals surface area contributed by atoms with Gasteiger partial charge in [-0.3, -0.25) is 9.78 Å². The number of carbonyl (C=O) groups excluding carboxylic acids is 1. The number of hydrogen-bond acceptors (Lipinski definition) is 4. The number of carbonyl (C=O) groups is 1. The molecule has 0 aliphatic rings. The zero-order valence-corrected chi connectivity index (χ0v) is 16.1. The van der Waals surface area contributed by atoms with Crippen LogP contribution >= 0.6 is 11.6 Å². The fourth-order valence-electron chi connectivity index (χ4n) is 3.20. The second-order valence-electron chi connectivity index (χ2n) is 6.30. The first-order valence-corrected chi connectivity index (χ1v) is 9.20. The molecule has 3 rings (SSSR count). The summed E-state index contributed by atoms with van der Waals surface area (Å²) in [7, 11) is 1.60. The van der Waals surface area contributed by atoms with Crippen molar-refractivity contribution in [3.05, 3.63) is 64.8 Å². The minimum Gasteiger partial charge on any atom is -0.495 e. The van der Waals surface area contributed by atoms with Gasteiger partial charge < -0.3 is 15.8 Å². The number of benzene rings is 2. The molecule has 3 aromatic rings. The molecule has 0 bridgehead atoms. The molecule has 0 saturated heterocycles. The number of nitrogens with zero attached hydrogens (tertiary/aromatic N) is 1. The van der Waals surface area contributed by atoms with Gasteiger partial charge >= 0.3 is 0 Å². The standard InChI is InChI=1S/C21H22ClN3O2/c1-3-5-17(13-8-9-19(27-2)16(22)12-13)25-18-10-11-24-20-14(18)6-4-7-15(20)21(23)26/h4,6-12,17H,3,5H2,1-2H3,(H2,23,26)(H,24,25)/t17-/m1/s1. The van der Waals surface area contributed by atoms with Gasteiger partial charge in [-0.05, 0) is 36.2 Å². The highest BCUT2D eigenvalue weighted by Crippen LogP contribution is 2.33.